The Bertz CT molecular complexity index is 386. The molecule has 1 aliphatic rings. The molecule has 0 unspecified atom stereocenters. The summed E-state index contributed by atoms with van der Waals surface area (Å²) in [4.78, 5) is 15.1. The monoisotopic (exact) mass is 262 g/mol. The summed E-state index contributed by atoms with van der Waals surface area (Å²) in [6.07, 6.45) is 2.29. The highest BCUT2D eigenvalue weighted by Crippen LogP contribution is 2.06. The average Bonchev–Trinajstić information content (AvgIpc) is 2.41. The molecule has 0 radical (unpaired) electrons. The van der Waals surface area contributed by atoms with Crippen molar-refractivity contribution in [1.29, 1.82) is 0 Å². The Morgan fingerprint density at radius 3 is 2.32 bits per heavy atom. The van der Waals surface area contributed by atoms with E-state index in [1.165, 1.54) is 12.0 Å². The normalized spacial score (nSPS) is 17.5. The lowest BCUT2D eigenvalue weighted by Crippen LogP contribution is -2.48. The zero-order chi connectivity index (χ0) is 13.5. The van der Waals surface area contributed by atoms with E-state index in [0.717, 1.165) is 39.1 Å². The second-order valence-corrected chi connectivity index (χ2v) is 5.10. The molecule has 0 aliphatic carbocycles. The third-order valence-corrected chi connectivity index (χ3v) is 3.61. The molecule has 0 amide bonds. The number of carbonyl (C=O) groups is 1. The fourth-order valence-corrected chi connectivity index (χ4v) is 2.51. The van der Waals surface area contributed by atoms with Gasteiger partial charge in [0, 0.05) is 26.2 Å². The lowest BCUT2D eigenvalue weighted by atomic mass is 10.1. The van der Waals surface area contributed by atoms with Gasteiger partial charge in [-0.3, -0.25) is 9.69 Å². The Hall–Kier alpha value is -1.39. The fraction of sp³-hybridized carbons (Fsp3) is 0.533. The van der Waals surface area contributed by atoms with Crippen LogP contribution in [-0.2, 0) is 11.2 Å². The van der Waals surface area contributed by atoms with Gasteiger partial charge in [-0.15, -0.1) is 0 Å². The summed E-state index contributed by atoms with van der Waals surface area (Å²) in [5.74, 6) is -0.725. The van der Waals surface area contributed by atoms with E-state index in [2.05, 4.69) is 29.2 Å². The van der Waals surface area contributed by atoms with Crippen molar-refractivity contribution in [3.63, 3.8) is 0 Å². The highest BCUT2D eigenvalue weighted by atomic mass is 16.4. The Kier molecular flexibility index (Phi) is 5.36. The summed E-state index contributed by atoms with van der Waals surface area (Å²) < 4.78 is 0. The quantitative estimate of drug-likeness (QED) is 0.840. The number of carboxylic acids is 1. The van der Waals surface area contributed by atoms with Crippen molar-refractivity contribution in [3.8, 4) is 0 Å². The molecule has 1 aromatic rings. The van der Waals surface area contributed by atoms with E-state index in [1.807, 2.05) is 11.0 Å². The third-order valence-electron chi connectivity index (χ3n) is 3.61. The number of hydrogen-bond donors (Lipinski definition) is 1. The molecular weight excluding hydrogens is 240 g/mol. The van der Waals surface area contributed by atoms with Crippen molar-refractivity contribution in [2.24, 2.45) is 0 Å². The molecule has 0 spiro atoms. The lowest BCUT2D eigenvalue weighted by molar-refractivity contribution is -0.138. The summed E-state index contributed by atoms with van der Waals surface area (Å²) in [5, 5.41) is 8.74. The SMILES string of the molecule is O=C(O)CN1CCN(CCCc2ccccc2)CC1. The molecule has 1 saturated heterocycles. The smallest absolute Gasteiger partial charge is 0.317 e. The second-order valence-electron chi connectivity index (χ2n) is 5.10. The standard InChI is InChI=1S/C15H22N2O2/c18-15(19)13-17-11-9-16(10-12-17)8-4-7-14-5-2-1-3-6-14/h1-3,5-6H,4,7-13H2,(H,18,19). The summed E-state index contributed by atoms with van der Waals surface area (Å²) in [5.41, 5.74) is 1.40. The van der Waals surface area contributed by atoms with Crippen molar-refractivity contribution in [3.05, 3.63) is 35.9 Å². The van der Waals surface area contributed by atoms with Gasteiger partial charge in [0.05, 0.1) is 6.54 Å². The van der Waals surface area contributed by atoms with E-state index in [4.69, 9.17) is 5.11 Å². The van der Waals surface area contributed by atoms with Gasteiger partial charge in [-0.1, -0.05) is 30.3 Å². The van der Waals surface area contributed by atoms with E-state index < -0.39 is 5.97 Å². The average molecular weight is 262 g/mol. The molecule has 1 aromatic carbocycles. The number of benzene rings is 1. The van der Waals surface area contributed by atoms with Crippen LogP contribution in [0.2, 0.25) is 0 Å². The molecule has 4 nitrogen and oxygen atoms in total. The second kappa shape index (κ2) is 7.26. The highest BCUT2D eigenvalue weighted by molar-refractivity contribution is 5.69. The van der Waals surface area contributed by atoms with E-state index in [1.54, 1.807) is 0 Å². The van der Waals surface area contributed by atoms with Gasteiger partial charge in [-0.05, 0) is 24.9 Å². The Labute approximate surface area is 114 Å². The van der Waals surface area contributed by atoms with Gasteiger partial charge in [0.1, 0.15) is 0 Å². The number of piperazine rings is 1. The van der Waals surface area contributed by atoms with Crippen molar-refractivity contribution < 1.29 is 9.90 Å². The summed E-state index contributed by atoms with van der Waals surface area (Å²) in [7, 11) is 0. The van der Waals surface area contributed by atoms with E-state index in [-0.39, 0.29) is 6.54 Å². The fourth-order valence-electron chi connectivity index (χ4n) is 2.51. The molecule has 19 heavy (non-hydrogen) atoms. The van der Waals surface area contributed by atoms with Crippen LogP contribution in [0.4, 0.5) is 0 Å². The first-order valence-corrected chi connectivity index (χ1v) is 6.94. The Balaban J connectivity index is 1.62. The minimum atomic E-state index is -0.725. The van der Waals surface area contributed by atoms with Crippen molar-refractivity contribution in [1.82, 2.24) is 9.80 Å². The van der Waals surface area contributed by atoms with Crippen LogP contribution < -0.4 is 0 Å². The first kappa shape index (κ1) is 14.0. The van der Waals surface area contributed by atoms with Gasteiger partial charge >= 0.3 is 5.97 Å². The Morgan fingerprint density at radius 1 is 1.05 bits per heavy atom. The maximum atomic E-state index is 10.6. The van der Waals surface area contributed by atoms with E-state index in [0.29, 0.717) is 0 Å². The number of carboxylic acid groups (broad SMARTS) is 1. The molecule has 0 bridgehead atoms. The van der Waals surface area contributed by atoms with Crippen LogP contribution in [0.3, 0.4) is 0 Å². The molecule has 4 heteroatoms. The minimum absolute atomic E-state index is 0.178. The van der Waals surface area contributed by atoms with Crippen LogP contribution >= 0.6 is 0 Å². The minimum Gasteiger partial charge on any atom is -0.480 e. The molecule has 0 aromatic heterocycles. The molecule has 0 saturated carbocycles. The highest BCUT2D eigenvalue weighted by Gasteiger charge is 2.17. The van der Waals surface area contributed by atoms with Crippen LogP contribution in [0, 0.1) is 0 Å². The van der Waals surface area contributed by atoms with Gasteiger partial charge < -0.3 is 10.0 Å². The van der Waals surface area contributed by atoms with E-state index >= 15 is 0 Å². The van der Waals surface area contributed by atoms with Crippen LogP contribution in [0.1, 0.15) is 12.0 Å². The van der Waals surface area contributed by atoms with Crippen molar-refractivity contribution in [2.75, 3.05) is 39.3 Å². The summed E-state index contributed by atoms with van der Waals surface area (Å²) in [6.45, 7) is 5.01. The van der Waals surface area contributed by atoms with Crippen LogP contribution in [0.15, 0.2) is 30.3 Å². The van der Waals surface area contributed by atoms with Gasteiger partial charge in [0.2, 0.25) is 0 Å². The molecule has 1 fully saturated rings. The number of aryl methyl sites for hydroxylation is 1. The van der Waals surface area contributed by atoms with Gasteiger partial charge in [-0.25, -0.2) is 0 Å². The molecule has 1 N–H and O–H groups in total. The zero-order valence-electron chi connectivity index (χ0n) is 11.3. The zero-order valence-corrected chi connectivity index (χ0v) is 11.3. The lowest BCUT2D eigenvalue weighted by Gasteiger charge is -2.33. The summed E-state index contributed by atoms with van der Waals surface area (Å²) >= 11 is 0. The van der Waals surface area contributed by atoms with Crippen LogP contribution in [-0.4, -0.2) is 60.1 Å². The van der Waals surface area contributed by atoms with Crippen LogP contribution in [0.5, 0.6) is 0 Å². The molecular formula is C15H22N2O2. The predicted molar refractivity (Wildman–Crippen MR) is 75.3 cm³/mol. The maximum Gasteiger partial charge on any atom is 0.317 e. The topological polar surface area (TPSA) is 43.8 Å². The first-order valence-electron chi connectivity index (χ1n) is 6.94. The largest absolute Gasteiger partial charge is 0.480 e. The van der Waals surface area contributed by atoms with Gasteiger partial charge in [0.15, 0.2) is 0 Å². The third kappa shape index (κ3) is 5.01. The molecule has 1 aliphatic heterocycles. The first-order chi connectivity index (χ1) is 9.24. The Morgan fingerprint density at radius 2 is 1.68 bits per heavy atom. The molecule has 2 rings (SSSR count). The predicted octanol–water partition coefficient (Wildman–Crippen LogP) is 1.32. The number of nitrogens with zero attached hydrogens (tertiary/aromatic N) is 2. The molecule has 0 atom stereocenters. The van der Waals surface area contributed by atoms with Crippen molar-refractivity contribution >= 4 is 5.97 Å². The summed E-state index contributed by atoms with van der Waals surface area (Å²) in [6, 6.07) is 10.6. The number of aliphatic carboxylic acids is 1. The maximum absolute atomic E-state index is 10.6. The van der Waals surface area contributed by atoms with Gasteiger partial charge in [0.25, 0.3) is 0 Å². The molecule has 1 heterocycles. The number of rotatable bonds is 6. The van der Waals surface area contributed by atoms with Crippen LogP contribution in [0.25, 0.3) is 0 Å². The van der Waals surface area contributed by atoms with E-state index in [9.17, 15) is 4.79 Å². The van der Waals surface area contributed by atoms with Gasteiger partial charge in [-0.2, -0.15) is 0 Å². The van der Waals surface area contributed by atoms with Crippen molar-refractivity contribution in [2.45, 2.75) is 12.8 Å². The number of hydrogen-bond acceptors (Lipinski definition) is 3. The molecule has 104 valence electrons.